The second kappa shape index (κ2) is 4.32. The van der Waals surface area contributed by atoms with Gasteiger partial charge < -0.3 is 15.2 Å². The molecule has 3 rings (SSSR count). The molecular weight excluding hydrogens is 250 g/mol. The molecule has 0 aromatic heterocycles. The Morgan fingerprint density at radius 1 is 1.39 bits per heavy atom. The Balaban J connectivity index is 1.93. The topological polar surface area (TPSA) is 44.5 Å². The van der Waals surface area contributed by atoms with Crippen molar-refractivity contribution in [2.24, 2.45) is 5.73 Å². The van der Waals surface area contributed by atoms with Crippen LogP contribution in [0.25, 0.3) is 0 Å². The van der Waals surface area contributed by atoms with E-state index in [4.69, 9.17) is 26.8 Å². The highest BCUT2D eigenvalue weighted by Gasteiger charge is 2.39. The van der Waals surface area contributed by atoms with Crippen molar-refractivity contribution in [3.05, 3.63) is 22.7 Å². The zero-order valence-corrected chi connectivity index (χ0v) is 11.3. The first-order chi connectivity index (χ1) is 8.59. The molecule has 0 spiro atoms. The fourth-order valence-electron chi connectivity index (χ4n) is 2.11. The summed E-state index contributed by atoms with van der Waals surface area (Å²) in [5.74, 6) is 1.55. The van der Waals surface area contributed by atoms with Gasteiger partial charge in [0, 0.05) is 22.2 Å². The van der Waals surface area contributed by atoms with Crippen molar-refractivity contribution in [3.63, 3.8) is 0 Å². The average Bonchev–Trinajstić information content (AvgIpc) is 3.21. The number of hydrogen-bond donors (Lipinski definition) is 1. The standard InChI is InChI=1S/C14H18ClNO2/c1-17-12-7-10(15)6-9(8-14(16)4-5-14)13(12)18-11-2-3-11/h6-7,11H,2-5,8,16H2,1H3. The van der Waals surface area contributed by atoms with E-state index in [2.05, 4.69) is 0 Å². The zero-order valence-electron chi connectivity index (χ0n) is 10.5. The van der Waals surface area contributed by atoms with Crippen LogP contribution < -0.4 is 15.2 Å². The Morgan fingerprint density at radius 2 is 2.11 bits per heavy atom. The fraction of sp³-hybridized carbons (Fsp3) is 0.571. The van der Waals surface area contributed by atoms with E-state index in [1.807, 2.05) is 6.07 Å². The lowest BCUT2D eigenvalue weighted by atomic mass is 10.0. The number of ether oxygens (including phenoxy) is 2. The van der Waals surface area contributed by atoms with Crippen molar-refractivity contribution in [2.45, 2.75) is 43.7 Å². The molecule has 0 bridgehead atoms. The van der Waals surface area contributed by atoms with E-state index in [0.29, 0.717) is 16.9 Å². The molecule has 3 nitrogen and oxygen atoms in total. The number of methoxy groups -OCH3 is 1. The molecule has 0 radical (unpaired) electrons. The predicted octanol–water partition coefficient (Wildman–Crippen LogP) is 2.92. The van der Waals surface area contributed by atoms with Crippen LogP contribution in [-0.2, 0) is 6.42 Å². The van der Waals surface area contributed by atoms with Crippen molar-refractivity contribution in [1.82, 2.24) is 0 Å². The normalized spacial score (nSPS) is 20.6. The van der Waals surface area contributed by atoms with E-state index in [-0.39, 0.29) is 5.54 Å². The molecule has 98 valence electrons. The first-order valence-corrected chi connectivity index (χ1v) is 6.79. The van der Waals surface area contributed by atoms with Crippen molar-refractivity contribution in [2.75, 3.05) is 7.11 Å². The molecule has 1 aromatic carbocycles. The van der Waals surface area contributed by atoms with Gasteiger partial charge in [0.2, 0.25) is 0 Å². The van der Waals surface area contributed by atoms with Crippen LogP contribution in [0.5, 0.6) is 11.5 Å². The maximum atomic E-state index is 6.20. The molecule has 4 heteroatoms. The van der Waals surface area contributed by atoms with Gasteiger partial charge in [-0.05, 0) is 38.2 Å². The van der Waals surface area contributed by atoms with E-state index < -0.39 is 0 Å². The summed E-state index contributed by atoms with van der Waals surface area (Å²) in [4.78, 5) is 0. The highest BCUT2D eigenvalue weighted by Crippen LogP contribution is 2.43. The van der Waals surface area contributed by atoms with Gasteiger partial charge in [-0.15, -0.1) is 0 Å². The van der Waals surface area contributed by atoms with Gasteiger partial charge in [-0.3, -0.25) is 0 Å². The number of nitrogens with two attached hydrogens (primary N) is 1. The largest absolute Gasteiger partial charge is 0.493 e. The fourth-order valence-corrected chi connectivity index (χ4v) is 2.34. The third-order valence-electron chi connectivity index (χ3n) is 3.56. The molecule has 2 saturated carbocycles. The van der Waals surface area contributed by atoms with Crippen LogP contribution in [0, 0.1) is 0 Å². The van der Waals surface area contributed by atoms with E-state index in [9.17, 15) is 0 Å². The Hall–Kier alpha value is -0.930. The molecule has 2 N–H and O–H groups in total. The number of benzene rings is 1. The summed E-state index contributed by atoms with van der Waals surface area (Å²) < 4.78 is 11.3. The molecule has 0 aliphatic heterocycles. The summed E-state index contributed by atoms with van der Waals surface area (Å²) in [6, 6.07) is 3.76. The number of hydrogen-bond acceptors (Lipinski definition) is 3. The molecule has 0 atom stereocenters. The molecule has 0 unspecified atom stereocenters. The van der Waals surface area contributed by atoms with Gasteiger partial charge in [0.1, 0.15) is 0 Å². The lowest BCUT2D eigenvalue weighted by Crippen LogP contribution is -2.25. The van der Waals surface area contributed by atoms with Gasteiger partial charge >= 0.3 is 0 Å². The van der Waals surface area contributed by atoms with Crippen molar-refractivity contribution >= 4 is 11.6 Å². The Morgan fingerprint density at radius 3 is 2.67 bits per heavy atom. The quantitative estimate of drug-likeness (QED) is 0.892. The van der Waals surface area contributed by atoms with Gasteiger partial charge in [-0.2, -0.15) is 0 Å². The minimum absolute atomic E-state index is 0.0582. The van der Waals surface area contributed by atoms with Gasteiger partial charge in [-0.1, -0.05) is 11.6 Å². The second-order valence-electron chi connectivity index (χ2n) is 5.45. The number of halogens is 1. The van der Waals surface area contributed by atoms with Crippen LogP contribution in [0.1, 0.15) is 31.2 Å². The second-order valence-corrected chi connectivity index (χ2v) is 5.89. The van der Waals surface area contributed by atoms with E-state index in [1.54, 1.807) is 13.2 Å². The molecule has 1 aromatic rings. The maximum absolute atomic E-state index is 6.20. The molecule has 0 saturated heterocycles. The zero-order chi connectivity index (χ0) is 12.8. The first-order valence-electron chi connectivity index (χ1n) is 6.42. The highest BCUT2D eigenvalue weighted by atomic mass is 35.5. The molecule has 18 heavy (non-hydrogen) atoms. The first kappa shape index (κ1) is 12.1. The smallest absolute Gasteiger partial charge is 0.164 e. The monoisotopic (exact) mass is 267 g/mol. The minimum Gasteiger partial charge on any atom is -0.493 e. The van der Waals surface area contributed by atoms with Gasteiger partial charge in [0.25, 0.3) is 0 Å². The average molecular weight is 268 g/mol. The van der Waals surface area contributed by atoms with Crippen LogP contribution >= 0.6 is 11.6 Å². The third-order valence-corrected chi connectivity index (χ3v) is 3.78. The Kier molecular flexibility index (Phi) is 2.91. The summed E-state index contributed by atoms with van der Waals surface area (Å²) >= 11 is 6.13. The van der Waals surface area contributed by atoms with Crippen LogP contribution in [-0.4, -0.2) is 18.8 Å². The molecule has 0 heterocycles. The van der Waals surface area contributed by atoms with E-state index >= 15 is 0 Å². The Labute approximate surface area is 112 Å². The predicted molar refractivity (Wildman–Crippen MR) is 71.5 cm³/mol. The summed E-state index contributed by atoms with van der Waals surface area (Å²) in [5, 5.41) is 0.675. The molecule has 2 fully saturated rings. The van der Waals surface area contributed by atoms with Crippen LogP contribution in [0.2, 0.25) is 5.02 Å². The number of rotatable bonds is 5. The van der Waals surface area contributed by atoms with Crippen LogP contribution in [0.3, 0.4) is 0 Å². The summed E-state index contributed by atoms with van der Waals surface area (Å²) in [5.41, 5.74) is 7.21. The lowest BCUT2D eigenvalue weighted by molar-refractivity contribution is 0.278. The maximum Gasteiger partial charge on any atom is 0.164 e. The summed E-state index contributed by atoms with van der Waals surface area (Å²) in [6.45, 7) is 0. The molecule has 2 aliphatic rings. The third kappa shape index (κ3) is 2.57. The van der Waals surface area contributed by atoms with Gasteiger partial charge in [0.15, 0.2) is 11.5 Å². The molecule has 2 aliphatic carbocycles. The van der Waals surface area contributed by atoms with E-state index in [0.717, 1.165) is 43.4 Å². The summed E-state index contributed by atoms with van der Waals surface area (Å²) in [6.07, 6.45) is 5.55. The molecular formula is C14H18ClNO2. The van der Waals surface area contributed by atoms with Crippen molar-refractivity contribution in [1.29, 1.82) is 0 Å². The van der Waals surface area contributed by atoms with Gasteiger partial charge in [0.05, 0.1) is 13.2 Å². The molecule has 0 amide bonds. The van der Waals surface area contributed by atoms with Crippen molar-refractivity contribution in [3.8, 4) is 11.5 Å². The summed E-state index contributed by atoms with van der Waals surface area (Å²) in [7, 11) is 1.64. The lowest BCUT2D eigenvalue weighted by Gasteiger charge is -2.17. The van der Waals surface area contributed by atoms with Crippen LogP contribution in [0.4, 0.5) is 0 Å². The van der Waals surface area contributed by atoms with Crippen LogP contribution in [0.15, 0.2) is 12.1 Å². The minimum atomic E-state index is -0.0582. The van der Waals surface area contributed by atoms with E-state index in [1.165, 1.54) is 0 Å². The SMILES string of the molecule is COc1cc(Cl)cc(CC2(N)CC2)c1OC1CC1. The Bertz CT molecular complexity index is 467. The van der Waals surface area contributed by atoms with Crippen molar-refractivity contribution < 1.29 is 9.47 Å². The highest BCUT2D eigenvalue weighted by molar-refractivity contribution is 6.30. The van der Waals surface area contributed by atoms with Gasteiger partial charge in [-0.25, -0.2) is 0 Å².